The number of nitrogens with one attached hydrogen (secondary N) is 1. The molecule has 1 rings (SSSR count). The van der Waals surface area contributed by atoms with E-state index in [4.69, 9.17) is 5.26 Å². The molecule has 0 radical (unpaired) electrons. The van der Waals surface area contributed by atoms with Crippen molar-refractivity contribution in [1.82, 2.24) is 5.32 Å². The van der Waals surface area contributed by atoms with Crippen LogP contribution in [0.1, 0.15) is 19.8 Å². The number of hydrogen-bond acceptors (Lipinski definition) is 3. The lowest BCUT2D eigenvalue weighted by Gasteiger charge is -2.13. The van der Waals surface area contributed by atoms with Gasteiger partial charge in [0, 0.05) is 0 Å². The minimum atomic E-state index is -0.373. The molecule has 4 heteroatoms. The molecule has 1 aliphatic rings. The Kier molecular flexibility index (Phi) is 2.63. The number of nitrogens with zero attached hydrogens (tertiary/aromatic N) is 1. The lowest BCUT2D eigenvalue weighted by Crippen LogP contribution is -2.39. The zero-order chi connectivity index (χ0) is 9.19. The SMILES string of the molecule is CSC1(C(=O)NC(C)C#N)CC1. The van der Waals surface area contributed by atoms with Gasteiger partial charge >= 0.3 is 0 Å². The van der Waals surface area contributed by atoms with Crippen molar-refractivity contribution in [3.8, 4) is 6.07 Å². The predicted molar refractivity (Wildman–Crippen MR) is 48.7 cm³/mol. The molecule has 1 aliphatic carbocycles. The Hall–Kier alpha value is -0.690. The van der Waals surface area contributed by atoms with Gasteiger partial charge in [-0.3, -0.25) is 4.79 Å². The molecular formula is C8H12N2OS. The van der Waals surface area contributed by atoms with Crippen LogP contribution in [0.5, 0.6) is 0 Å². The van der Waals surface area contributed by atoms with Gasteiger partial charge in [-0.05, 0) is 26.0 Å². The second-order valence-corrected chi connectivity index (χ2v) is 4.21. The standard InChI is InChI=1S/C8H12N2OS/c1-6(5-9)10-7(11)8(12-2)3-4-8/h6H,3-4H2,1-2H3,(H,10,11). The van der Waals surface area contributed by atoms with E-state index in [0.717, 1.165) is 12.8 Å². The summed E-state index contributed by atoms with van der Waals surface area (Å²) in [6, 6.07) is 1.61. The van der Waals surface area contributed by atoms with Crippen LogP contribution in [0.25, 0.3) is 0 Å². The van der Waals surface area contributed by atoms with Crippen LogP contribution in [0, 0.1) is 11.3 Å². The second-order valence-electron chi connectivity index (χ2n) is 3.02. The van der Waals surface area contributed by atoms with E-state index >= 15 is 0 Å². The van der Waals surface area contributed by atoms with Crippen LogP contribution in [0.2, 0.25) is 0 Å². The highest BCUT2D eigenvalue weighted by molar-refractivity contribution is 8.01. The van der Waals surface area contributed by atoms with E-state index in [1.807, 2.05) is 12.3 Å². The zero-order valence-electron chi connectivity index (χ0n) is 7.26. The largest absolute Gasteiger partial charge is 0.339 e. The first-order valence-corrected chi connectivity index (χ1v) is 5.13. The molecular weight excluding hydrogens is 172 g/mol. The molecule has 1 saturated carbocycles. The number of carbonyl (C=O) groups excluding carboxylic acids is 1. The van der Waals surface area contributed by atoms with Crippen molar-refractivity contribution in [2.45, 2.75) is 30.6 Å². The van der Waals surface area contributed by atoms with E-state index in [9.17, 15) is 4.79 Å². The minimum absolute atomic E-state index is 0.0176. The van der Waals surface area contributed by atoms with E-state index in [1.165, 1.54) is 0 Å². The molecule has 66 valence electrons. The summed E-state index contributed by atoms with van der Waals surface area (Å²) in [5.74, 6) is 0.0176. The van der Waals surface area contributed by atoms with Gasteiger partial charge in [0.05, 0.1) is 10.8 Å². The third kappa shape index (κ3) is 1.72. The summed E-state index contributed by atoms with van der Waals surface area (Å²) in [5.41, 5.74) is 0. The number of nitriles is 1. The molecule has 0 aromatic rings. The Bertz CT molecular complexity index is 230. The third-order valence-corrected chi connectivity index (χ3v) is 3.43. The first-order valence-electron chi connectivity index (χ1n) is 3.90. The van der Waals surface area contributed by atoms with Crippen molar-refractivity contribution in [2.75, 3.05) is 6.26 Å². The molecule has 1 unspecified atom stereocenters. The lowest BCUT2D eigenvalue weighted by atomic mass is 10.3. The van der Waals surface area contributed by atoms with Crippen LogP contribution in [0.3, 0.4) is 0 Å². The highest BCUT2D eigenvalue weighted by atomic mass is 32.2. The average Bonchev–Trinajstić information content (AvgIpc) is 2.84. The molecule has 1 amide bonds. The fourth-order valence-electron chi connectivity index (χ4n) is 0.998. The molecule has 0 aromatic heterocycles. The Morgan fingerprint density at radius 3 is 2.67 bits per heavy atom. The Morgan fingerprint density at radius 1 is 1.75 bits per heavy atom. The molecule has 0 bridgehead atoms. The smallest absolute Gasteiger partial charge is 0.237 e. The van der Waals surface area contributed by atoms with E-state index in [0.29, 0.717) is 0 Å². The van der Waals surface area contributed by atoms with Crippen LogP contribution in [-0.2, 0) is 4.79 Å². The van der Waals surface area contributed by atoms with E-state index in [2.05, 4.69) is 5.32 Å². The van der Waals surface area contributed by atoms with Crippen molar-refractivity contribution in [2.24, 2.45) is 0 Å². The molecule has 1 atom stereocenters. The molecule has 12 heavy (non-hydrogen) atoms. The highest BCUT2D eigenvalue weighted by Crippen LogP contribution is 2.47. The number of carbonyl (C=O) groups is 1. The van der Waals surface area contributed by atoms with Crippen LogP contribution < -0.4 is 5.32 Å². The van der Waals surface area contributed by atoms with Gasteiger partial charge in [0.15, 0.2) is 0 Å². The molecule has 3 nitrogen and oxygen atoms in total. The first-order chi connectivity index (χ1) is 5.64. The van der Waals surface area contributed by atoms with Gasteiger partial charge in [-0.2, -0.15) is 5.26 Å². The summed E-state index contributed by atoms with van der Waals surface area (Å²) in [4.78, 5) is 11.4. The van der Waals surface area contributed by atoms with E-state index in [1.54, 1.807) is 18.7 Å². The summed E-state index contributed by atoms with van der Waals surface area (Å²) >= 11 is 1.58. The Balaban J connectivity index is 2.45. The third-order valence-electron chi connectivity index (χ3n) is 2.05. The number of amides is 1. The normalized spacial score (nSPS) is 20.8. The molecule has 0 saturated heterocycles. The van der Waals surface area contributed by atoms with Crippen LogP contribution in [-0.4, -0.2) is 23.0 Å². The van der Waals surface area contributed by atoms with Gasteiger partial charge < -0.3 is 5.32 Å². The molecule has 0 aliphatic heterocycles. The van der Waals surface area contributed by atoms with Crippen LogP contribution in [0.4, 0.5) is 0 Å². The second kappa shape index (κ2) is 3.36. The minimum Gasteiger partial charge on any atom is -0.339 e. The van der Waals surface area contributed by atoms with Crippen molar-refractivity contribution in [3.63, 3.8) is 0 Å². The van der Waals surface area contributed by atoms with Crippen LogP contribution in [0.15, 0.2) is 0 Å². The number of thioether (sulfide) groups is 1. The summed E-state index contributed by atoms with van der Waals surface area (Å²) in [5, 5.41) is 11.1. The predicted octanol–water partition coefficient (Wildman–Crippen LogP) is 0.910. The van der Waals surface area contributed by atoms with E-state index < -0.39 is 0 Å². The maximum absolute atomic E-state index is 11.4. The molecule has 1 fully saturated rings. The van der Waals surface area contributed by atoms with Gasteiger partial charge in [-0.25, -0.2) is 0 Å². The summed E-state index contributed by atoms with van der Waals surface area (Å²) in [6.07, 6.45) is 3.82. The fraction of sp³-hybridized carbons (Fsp3) is 0.750. The summed E-state index contributed by atoms with van der Waals surface area (Å²) in [7, 11) is 0. The maximum Gasteiger partial charge on any atom is 0.237 e. The van der Waals surface area contributed by atoms with Gasteiger partial charge in [0.2, 0.25) is 5.91 Å². The average molecular weight is 184 g/mol. The maximum atomic E-state index is 11.4. The molecule has 1 N–H and O–H groups in total. The van der Waals surface area contributed by atoms with Crippen molar-refractivity contribution in [3.05, 3.63) is 0 Å². The van der Waals surface area contributed by atoms with Crippen LogP contribution >= 0.6 is 11.8 Å². The van der Waals surface area contributed by atoms with Crippen molar-refractivity contribution < 1.29 is 4.79 Å². The molecule has 0 spiro atoms. The quantitative estimate of drug-likeness (QED) is 0.709. The van der Waals surface area contributed by atoms with Gasteiger partial charge in [-0.1, -0.05) is 0 Å². The summed E-state index contributed by atoms with van der Waals surface area (Å²) < 4.78 is -0.203. The fourth-order valence-corrected chi connectivity index (χ4v) is 1.75. The first kappa shape index (κ1) is 9.40. The zero-order valence-corrected chi connectivity index (χ0v) is 8.07. The monoisotopic (exact) mass is 184 g/mol. The topological polar surface area (TPSA) is 52.9 Å². The van der Waals surface area contributed by atoms with Gasteiger partial charge in [-0.15, -0.1) is 11.8 Å². The van der Waals surface area contributed by atoms with Crippen molar-refractivity contribution in [1.29, 1.82) is 5.26 Å². The van der Waals surface area contributed by atoms with E-state index in [-0.39, 0.29) is 16.7 Å². The van der Waals surface area contributed by atoms with Gasteiger partial charge in [0.1, 0.15) is 6.04 Å². The molecule has 0 heterocycles. The number of rotatable bonds is 3. The van der Waals surface area contributed by atoms with Gasteiger partial charge in [0.25, 0.3) is 0 Å². The lowest BCUT2D eigenvalue weighted by molar-refractivity contribution is -0.121. The Morgan fingerprint density at radius 2 is 2.33 bits per heavy atom. The number of hydrogen-bond donors (Lipinski definition) is 1. The van der Waals surface area contributed by atoms with Crippen molar-refractivity contribution >= 4 is 17.7 Å². The highest BCUT2D eigenvalue weighted by Gasteiger charge is 2.49. The Labute approximate surface area is 76.5 Å². The summed E-state index contributed by atoms with van der Waals surface area (Å²) in [6.45, 7) is 1.69. The molecule has 0 aromatic carbocycles.